The Kier molecular flexibility index (Phi) is 4.55. The average molecular weight is 344 g/mol. The number of carbonyl (C=O) groups is 1. The van der Waals surface area contributed by atoms with Gasteiger partial charge in [-0.2, -0.15) is 0 Å². The molecule has 1 unspecified atom stereocenters. The third-order valence-electron chi connectivity index (χ3n) is 4.14. The van der Waals surface area contributed by atoms with Crippen LogP contribution in [-0.2, 0) is 16.9 Å². The van der Waals surface area contributed by atoms with Gasteiger partial charge in [-0.25, -0.2) is 8.78 Å². The van der Waals surface area contributed by atoms with Crippen LogP contribution in [0.1, 0.15) is 12.5 Å². The Morgan fingerprint density at radius 3 is 2.72 bits per heavy atom. The van der Waals surface area contributed by atoms with Crippen LogP contribution in [0.4, 0.5) is 8.78 Å². The molecular weight excluding hydrogens is 326 g/mol. The summed E-state index contributed by atoms with van der Waals surface area (Å²) in [5.41, 5.74) is -0.791. The van der Waals surface area contributed by atoms with Gasteiger partial charge in [-0.3, -0.25) is 4.79 Å². The minimum Gasteiger partial charge on any atom is -0.383 e. The third-order valence-corrected chi connectivity index (χ3v) is 4.14. The lowest BCUT2D eigenvalue weighted by Gasteiger charge is -2.24. The van der Waals surface area contributed by atoms with Crippen LogP contribution in [0.2, 0.25) is 0 Å². The Balaban J connectivity index is 1.67. The number of hydrogen-bond donors (Lipinski definition) is 2. The third kappa shape index (κ3) is 3.69. The monoisotopic (exact) mass is 344 g/mol. The lowest BCUT2D eigenvalue weighted by molar-refractivity contribution is -0.122. The number of benzene rings is 2. The van der Waals surface area contributed by atoms with E-state index in [4.69, 9.17) is 0 Å². The van der Waals surface area contributed by atoms with Crippen LogP contribution >= 0.6 is 0 Å². The molecule has 1 amide bonds. The molecule has 0 saturated carbocycles. The highest BCUT2D eigenvalue weighted by atomic mass is 19.1. The molecule has 0 fully saturated rings. The summed E-state index contributed by atoms with van der Waals surface area (Å²) in [7, 11) is 0. The molecule has 0 aliphatic heterocycles. The van der Waals surface area contributed by atoms with Gasteiger partial charge in [-0.05, 0) is 30.5 Å². The Labute approximate surface area is 143 Å². The molecule has 2 aromatic carbocycles. The molecule has 2 N–H and O–H groups in total. The van der Waals surface area contributed by atoms with E-state index in [9.17, 15) is 18.7 Å². The normalized spacial score (nSPS) is 13.6. The molecule has 0 aliphatic rings. The molecule has 1 aromatic heterocycles. The summed E-state index contributed by atoms with van der Waals surface area (Å²) in [4.78, 5) is 12.2. The average Bonchev–Trinajstić information content (AvgIpc) is 2.96. The van der Waals surface area contributed by atoms with Crippen molar-refractivity contribution in [3.63, 3.8) is 0 Å². The van der Waals surface area contributed by atoms with Crippen LogP contribution in [0.25, 0.3) is 10.9 Å². The van der Waals surface area contributed by atoms with Gasteiger partial charge < -0.3 is 15.0 Å². The fraction of sp³-hybridized carbons (Fsp3) is 0.211. The van der Waals surface area contributed by atoms with Crippen molar-refractivity contribution in [3.05, 3.63) is 71.9 Å². The molecule has 3 aromatic rings. The summed E-state index contributed by atoms with van der Waals surface area (Å²) < 4.78 is 28.6. The fourth-order valence-corrected chi connectivity index (χ4v) is 2.78. The van der Waals surface area contributed by atoms with Crippen LogP contribution in [0.5, 0.6) is 0 Å². The van der Waals surface area contributed by atoms with Crippen molar-refractivity contribution in [1.29, 1.82) is 0 Å². The Hall–Kier alpha value is -2.73. The number of aliphatic hydroxyl groups is 1. The van der Waals surface area contributed by atoms with E-state index in [-0.39, 0.29) is 24.6 Å². The first kappa shape index (κ1) is 17.1. The van der Waals surface area contributed by atoms with Crippen molar-refractivity contribution in [2.24, 2.45) is 0 Å². The standard InChI is InChI=1S/C19H18F2N2O2/c1-19(25,15-7-6-14(20)10-16(15)21)12-22-18(24)11-23-9-8-13-4-2-3-5-17(13)23/h2-10,25H,11-12H2,1H3,(H,22,24). The second-order valence-electron chi connectivity index (χ2n) is 6.18. The maximum absolute atomic E-state index is 13.8. The molecule has 25 heavy (non-hydrogen) atoms. The number of rotatable bonds is 5. The predicted octanol–water partition coefficient (Wildman–Crippen LogP) is 2.94. The van der Waals surface area contributed by atoms with Gasteiger partial charge in [-0.1, -0.05) is 24.3 Å². The first-order valence-corrected chi connectivity index (χ1v) is 7.85. The summed E-state index contributed by atoms with van der Waals surface area (Å²) in [6.45, 7) is 1.26. The number of nitrogens with one attached hydrogen (secondary N) is 1. The maximum atomic E-state index is 13.8. The summed E-state index contributed by atoms with van der Waals surface area (Å²) in [6.07, 6.45) is 1.81. The van der Waals surface area contributed by atoms with Gasteiger partial charge in [0.15, 0.2) is 0 Å². The van der Waals surface area contributed by atoms with Crippen LogP contribution in [0.15, 0.2) is 54.7 Å². The number of amides is 1. The molecule has 0 radical (unpaired) electrons. The van der Waals surface area contributed by atoms with E-state index >= 15 is 0 Å². The summed E-state index contributed by atoms with van der Waals surface area (Å²) >= 11 is 0. The molecule has 1 heterocycles. The van der Waals surface area contributed by atoms with Gasteiger partial charge in [0, 0.05) is 23.3 Å². The number of nitrogens with zero attached hydrogens (tertiary/aromatic N) is 1. The lowest BCUT2D eigenvalue weighted by Crippen LogP contribution is -2.40. The van der Waals surface area contributed by atoms with Crippen LogP contribution in [-0.4, -0.2) is 22.1 Å². The van der Waals surface area contributed by atoms with Crippen LogP contribution in [0, 0.1) is 11.6 Å². The van der Waals surface area contributed by atoms with E-state index in [0.717, 1.165) is 17.0 Å². The highest BCUT2D eigenvalue weighted by Crippen LogP contribution is 2.23. The van der Waals surface area contributed by atoms with Gasteiger partial charge in [0.05, 0.1) is 6.54 Å². The molecule has 0 saturated heterocycles. The quantitative estimate of drug-likeness (QED) is 0.748. The molecule has 0 aliphatic carbocycles. The molecule has 1 atom stereocenters. The van der Waals surface area contributed by atoms with E-state index in [1.807, 2.05) is 36.5 Å². The predicted molar refractivity (Wildman–Crippen MR) is 90.9 cm³/mol. The second-order valence-corrected chi connectivity index (χ2v) is 6.18. The minimum atomic E-state index is -1.65. The zero-order valence-corrected chi connectivity index (χ0v) is 13.7. The molecule has 130 valence electrons. The van der Waals surface area contributed by atoms with Crippen molar-refractivity contribution < 1.29 is 18.7 Å². The lowest BCUT2D eigenvalue weighted by atomic mass is 9.95. The minimum absolute atomic E-state index is 0.0689. The molecule has 4 nitrogen and oxygen atoms in total. The maximum Gasteiger partial charge on any atom is 0.240 e. The highest BCUT2D eigenvalue weighted by Gasteiger charge is 2.27. The number of fused-ring (bicyclic) bond motifs is 1. The number of carbonyl (C=O) groups excluding carboxylic acids is 1. The van der Waals surface area contributed by atoms with E-state index in [2.05, 4.69) is 5.32 Å². The largest absolute Gasteiger partial charge is 0.383 e. The van der Waals surface area contributed by atoms with Gasteiger partial charge in [-0.15, -0.1) is 0 Å². The molecule has 3 rings (SSSR count). The van der Waals surface area contributed by atoms with E-state index in [1.165, 1.54) is 13.0 Å². The van der Waals surface area contributed by atoms with Crippen LogP contribution < -0.4 is 5.32 Å². The fourth-order valence-electron chi connectivity index (χ4n) is 2.78. The molecule has 0 spiro atoms. The Morgan fingerprint density at radius 1 is 1.20 bits per heavy atom. The first-order chi connectivity index (χ1) is 11.9. The van der Waals surface area contributed by atoms with E-state index in [0.29, 0.717) is 6.07 Å². The zero-order valence-electron chi connectivity index (χ0n) is 13.7. The van der Waals surface area contributed by atoms with Crippen molar-refractivity contribution in [3.8, 4) is 0 Å². The van der Waals surface area contributed by atoms with E-state index in [1.54, 1.807) is 4.57 Å². The Bertz CT molecular complexity index is 919. The SMILES string of the molecule is CC(O)(CNC(=O)Cn1ccc2ccccc21)c1ccc(F)cc1F. The van der Waals surface area contributed by atoms with Gasteiger partial charge >= 0.3 is 0 Å². The molecule has 0 bridgehead atoms. The van der Waals surface area contributed by atoms with Gasteiger partial charge in [0.25, 0.3) is 0 Å². The van der Waals surface area contributed by atoms with E-state index < -0.39 is 17.2 Å². The topological polar surface area (TPSA) is 54.3 Å². The van der Waals surface area contributed by atoms with Crippen molar-refractivity contribution in [2.45, 2.75) is 19.1 Å². The summed E-state index contributed by atoms with van der Waals surface area (Å²) in [5, 5.41) is 14.0. The number of aromatic nitrogens is 1. The van der Waals surface area contributed by atoms with Crippen LogP contribution in [0.3, 0.4) is 0 Å². The van der Waals surface area contributed by atoms with Crippen molar-refractivity contribution in [1.82, 2.24) is 9.88 Å². The Morgan fingerprint density at radius 2 is 1.96 bits per heavy atom. The second kappa shape index (κ2) is 6.64. The van der Waals surface area contributed by atoms with Crippen molar-refractivity contribution >= 4 is 16.8 Å². The summed E-state index contributed by atoms with van der Waals surface area (Å²) in [5.74, 6) is -1.89. The van der Waals surface area contributed by atoms with Gasteiger partial charge in [0.2, 0.25) is 5.91 Å². The number of hydrogen-bond acceptors (Lipinski definition) is 2. The summed E-state index contributed by atoms with van der Waals surface area (Å²) in [6, 6.07) is 12.5. The zero-order chi connectivity index (χ0) is 18.0. The smallest absolute Gasteiger partial charge is 0.240 e. The first-order valence-electron chi connectivity index (χ1n) is 7.85. The van der Waals surface area contributed by atoms with Gasteiger partial charge in [0.1, 0.15) is 23.8 Å². The number of halogens is 2. The van der Waals surface area contributed by atoms with Crippen molar-refractivity contribution in [2.75, 3.05) is 6.54 Å². The molecule has 6 heteroatoms. The molecular formula is C19H18F2N2O2. The number of para-hydroxylation sites is 1. The highest BCUT2D eigenvalue weighted by molar-refractivity contribution is 5.83.